The van der Waals surface area contributed by atoms with Gasteiger partial charge in [0.1, 0.15) is 11.7 Å². The van der Waals surface area contributed by atoms with Gasteiger partial charge in [-0.2, -0.15) is 0 Å². The van der Waals surface area contributed by atoms with E-state index in [0.717, 1.165) is 10.0 Å². The van der Waals surface area contributed by atoms with Crippen molar-refractivity contribution in [2.75, 3.05) is 0 Å². The molecule has 0 saturated carbocycles. The Morgan fingerprint density at radius 2 is 1.61 bits per heavy atom. The van der Waals surface area contributed by atoms with Gasteiger partial charge in [-0.25, -0.2) is 0 Å². The molecule has 0 spiro atoms. The zero-order valence-corrected chi connectivity index (χ0v) is 18.8. The Kier molecular flexibility index (Phi) is 5.88. The number of hydrogen-bond acceptors (Lipinski definition) is 4. The summed E-state index contributed by atoms with van der Waals surface area (Å²) in [7, 11) is 0. The van der Waals surface area contributed by atoms with Crippen molar-refractivity contribution in [3.8, 4) is 5.75 Å². The summed E-state index contributed by atoms with van der Waals surface area (Å²) in [5, 5.41) is 0. The molecule has 0 amide bonds. The lowest BCUT2D eigenvalue weighted by molar-refractivity contribution is -0.139. The molecule has 0 N–H and O–H groups in total. The van der Waals surface area contributed by atoms with Gasteiger partial charge in [-0.3, -0.25) is 14.4 Å². The number of halogens is 1. The molecule has 156 valence electrons. The maximum absolute atomic E-state index is 13.4. The van der Waals surface area contributed by atoms with Gasteiger partial charge in [-0.05, 0) is 25.1 Å². The van der Waals surface area contributed by atoms with Crippen molar-refractivity contribution in [2.24, 2.45) is 11.8 Å². The van der Waals surface area contributed by atoms with Gasteiger partial charge >= 0.3 is 5.97 Å². The number of aryl methyl sites for hydroxylation is 1. The lowest BCUT2D eigenvalue weighted by Gasteiger charge is -2.34. The topological polar surface area (TPSA) is 60.4 Å². The highest BCUT2D eigenvalue weighted by Crippen LogP contribution is 2.45. The van der Waals surface area contributed by atoms with Crippen LogP contribution in [-0.2, 0) is 4.79 Å². The van der Waals surface area contributed by atoms with Crippen molar-refractivity contribution in [3.05, 3.63) is 99.5 Å². The number of fused-ring (bicyclic) bond motifs is 1. The molecule has 0 aliphatic carbocycles. The average Bonchev–Trinajstić information content (AvgIpc) is 2.78. The van der Waals surface area contributed by atoms with E-state index in [1.165, 1.54) is 0 Å². The van der Waals surface area contributed by atoms with Gasteiger partial charge in [0.05, 0.1) is 0 Å². The molecule has 3 aromatic carbocycles. The lowest BCUT2D eigenvalue weighted by atomic mass is 9.71. The van der Waals surface area contributed by atoms with E-state index < -0.39 is 23.7 Å². The number of carbonyl (C=O) groups excluding carboxylic acids is 3. The average molecular weight is 477 g/mol. The minimum Gasteiger partial charge on any atom is -0.426 e. The van der Waals surface area contributed by atoms with Crippen molar-refractivity contribution in [1.29, 1.82) is 0 Å². The zero-order valence-electron chi connectivity index (χ0n) is 17.2. The van der Waals surface area contributed by atoms with Crippen LogP contribution >= 0.6 is 15.9 Å². The van der Waals surface area contributed by atoms with Crippen LogP contribution < -0.4 is 4.74 Å². The molecular weight excluding hydrogens is 456 g/mol. The number of hydrogen-bond donors (Lipinski definition) is 0. The summed E-state index contributed by atoms with van der Waals surface area (Å²) in [6, 6.07) is 21.3. The molecule has 1 heterocycles. The van der Waals surface area contributed by atoms with Gasteiger partial charge in [0.25, 0.3) is 0 Å². The molecule has 4 nitrogen and oxygen atoms in total. The number of Topliss-reactive ketones (excluding diaryl/α,β-unsaturated/α-hetero) is 2. The van der Waals surface area contributed by atoms with Gasteiger partial charge in [-0.15, -0.1) is 0 Å². The lowest BCUT2D eigenvalue weighted by Crippen LogP contribution is -2.41. The number of esters is 1. The first-order chi connectivity index (χ1) is 14.9. The number of ketones is 2. The van der Waals surface area contributed by atoms with E-state index in [1.807, 2.05) is 31.2 Å². The van der Waals surface area contributed by atoms with Gasteiger partial charge in [0.15, 0.2) is 11.6 Å². The molecule has 4 rings (SSSR count). The third-order valence-electron chi connectivity index (χ3n) is 5.78. The van der Waals surface area contributed by atoms with E-state index in [4.69, 9.17) is 4.74 Å². The normalized spacial score (nSPS) is 18.6. The highest BCUT2D eigenvalue weighted by molar-refractivity contribution is 9.10. The molecule has 3 atom stereocenters. The van der Waals surface area contributed by atoms with E-state index in [9.17, 15) is 14.4 Å². The van der Waals surface area contributed by atoms with Crippen LogP contribution in [0.15, 0.2) is 77.3 Å². The maximum Gasteiger partial charge on any atom is 0.322 e. The monoisotopic (exact) mass is 476 g/mol. The molecule has 0 radical (unpaired) electrons. The van der Waals surface area contributed by atoms with Crippen LogP contribution in [0.3, 0.4) is 0 Å². The fourth-order valence-corrected chi connectivity index (χ4v) is 4.50. The summed E-state index contributed by atoms with van der Waals surface area (Å²) in [5.74, 6) is -3.05. The summed E-state index contributed by atoms with van der Waals surface area (Å²) in [5.41, 5.74) is 2.70. The number of ether oxygens (including phenoxy) is 1. The quantitative estimate of drug-likeness (QED) is 0.202. The molecule has 0 bridgehead atoms. The molecule has 1 aliphatic rings. The van der Waals surface area contributed by atoms with Crippen LogP contribution in [0.25, 0.3) is 0 Å². The third kappa shape index (κ3) is 4.10. The van der Waals surface area contributed by atoms with Crippen LogP contribution in [0.4, 0.5) is 0 Å². The summed E-state index contributed by atoms with van der Waals surface area (Å²) < 4.78 is 6.32. The molecule has 5 heteroatoms. The molecule has 0 aromatic heterocycles. The summed E-state index contributed by atoms with van der Waals surface area (Å²) in [6.45, 7) is 3.73. The Balaban J connectivity index is 1.81. The minimum atomic E-state index is -1.10. The van der Waals surface area contributed by atoms with Gasteiger partial charge in [-0.1, -0.05) is 83.0 Å². The maximum atomic E-state index is 13.4. The van der Waals surface area contributed by atoms with E-state index in [-0.39, 0.29) is 11.6 Å². The second-order valence-electron chi connectivity index (χ2n) is 7.86. The van der Waals surface area contributed by atoms with E-state index in [1.54, 1.807) is 55.5 Å². The number of rotatable bonds is 5. The molecule has 1 aliphatic heterocycles. The van der Waals surface area contributed by atoms with Gasteiger partial charge < -0.3 is 4.74 Å². The van der Waals surface area contributed by atoms with Crippen LogP contribution in [-0.4, -0.2) is 17.5 Å². The SMILES string of the molecule is Cc1ccc(C(=O)[C@@H](C)[C@@H]2c3cc(Br)ccc3OC(=O)[C@@H]2C(=O)c2ccccc2)cc1. The Labute approximate surface area is 189 Å². The van der Waals surface area contributed by atoms with E-state index >= 15 is 0 Å². The largest absolute Gasteiger partial charge is 0.426 e. The van der Waals surface area contributed by atoms with Crippen molar-refractivity contribution < 1.29 is 19.1 Å². The van der Waals surface area contributed by atoms with Gasteiger partial charge in [0, 0.05) is 33.0 Å². The molecule has 31 heavy (non-hydrogen) atoms. The smallest absolute Gasteiger partial charge is 0.322 e. The second kappa shape index (κ2) is 8.60. The van der Waals surface area contributed by atoms with Crippen LogP contribution in [0, 0.1) is 18.8 Å². The predicted octanol–water partition coefficient (Wildman–Crippen LogP) is 5.78. The fraction of sp³-hybridized carbons (Fsp3) is 0.192. The summed E-state index contributed by atoms with van der Waals surface area (Å²) in [4.78, 5) is 39.8. The molecule has 0 saturated heterocycles. The van der Waals surface area contributed by atoms with Crippen LogP contribution in [0.5, 0.6) is 5.75 Å². The fourth-order valence-electron chi connectivity index (χ4n) is 4.12. The number of benzene rings is 3. The third-order valence-corrected chi connectivity index (χ3v) is 6.28. The molecule has 0 fully saturated rings. The molecular formula is C26H21BrO4. The zero-order chi connectivity index (χ0) is 22.1. The van der Waals surface area contributed by atoms with Crippen molar-refractivity contribution >= 4 is 33.5 Å². The van der Waals surface area contributed by atoms with Gasteiger partial charge in [0.2, 0.25) is 0 Å². The summed E-state index contributed by atoms with van der Waals surface area (Å²) >= 11 is 3.46. The Morgan fingerprint density at radius 3 is 2.29 bits per heavy atom. The van der Waals surface area contributed by atoms with Crippen molar-refractivity contribution in [3.63, 3.8) is 0 Å². The Bertz CT molecular complexity index is 1150. The first-order valence-corrected chi connectivity index (χ1v) is 10.9. The van der Waals surface area contributed by atoms with E-state index in [0.29, 0.717) is 22.4 Å². The van der Waals surface area contributed by atoms with Crippen LogP contribution in [0.2, 0.25) is 0 Å². The van der Waals surface area contributed by atoms with E-state index in [2.05, 4.69) is 15.9 Å². The first kappa shape index (κ1) is 21.2. The highest BCUT2D eigenvalue weighted by Gasteiger charge is 2.47. The van der Waals surface area contributed by atoms with Crippen LogP contribution in [0.1, 0.15) is 44.7 Å². The summed E-state index contributed by atoms with van der Waals surface area (Å²) in [6.07, 6.45) is 0. The number of carbonyl (C=O) groups is 3. The highest BCUT2D eigenvalue weighted by atomic mass is 79.9. The van der Waals surface area contributed by atoms with Crippen molar-refractivity contribution in [1.82, 2.24) is 0 Å². The Hall–Kier alpha value is -3.05. The standard InChI is InChI=1S/C26H21BrO4/c1-15-8-10-18(11-9-15)24(28)16(2)22-20-14-19(27)12-13-21(20)31-26(30)23(22)25(29)17-6-4-3-5-7-17/h3-14,16,22-23H,1-2H3/t16-,22+,23-/m0/s1. The minimum absolute atomic E-state index is 0.114. The predicted molar refractivity (Wildman–Crippen MR) is 121 cm³/mol. The first-order valence-electron chi connectivity index (χ1n) is 10.1. The Morgan fingerprint density at radius 1 is 0.935 bits per heavy atom. The molecule has 3 aromatic rings. The molecule has 0 unspecified atom stereocenters. The van der Waals surface area contributed by atoms with Crippen molar-refractivity contribution in [2.45, 2.75) is 19.8 Å². The second-order valence-corrected chi connectivity index (χ2v) is 8.77.